The normalized spacial score (nSPS) is 19.9. The summed E-state index contributed by atoms with van der Waals surface area (Å²) in [4.78, 5) is 7.33. The highest BCUT2D eigenvalue weighted by Crippen LogP contribution is 2.16. The average Bonchev–Trinajstić information content (AvgIpc) is 2.76. The van der Waals surface area contributed by atoms with Crippen molar-refractivity contribution in [3.05, 3.63) is 12.0 Å². The molecule has 1 aromatic heterocycles. The molecular formula is C10H15FN4O. The Morgan fingerprint density at radius 3 is 3.25 bits per heavy atom. The van der Waals surface area contributed by atoms with Gasteiger partial charge in [0.2, 0.25) is 5.95 Å². The maximum absolute atomic E-state index is 13.2. The molecule has 2 rings (SSSR count). The first-order valence-corrected chi connectivity index (χ1v) is 5.39. The van der Waals surface area contributed by atoms with Gasteiger partial charge in [-0.1, -0.05) is 0 Å². The quantitative estimate of drug-likeness (QED) is 0.806. The van der Waals surface area contributed by atoms with Crippen LogP contribution in [0.1, 0.15) is 19.3 Å². The monoisotopic (exact) mass is 226 g/mol. The van der Waals surface area contributed by atoms with Crippen LogP contribution in [0.2, 0.25) is 0 Å². The molecule has 1 aliphatic rings. The number of hydrogen-bond donors (Lipinski definition) is 2. The summed E-state index contributed by atoms with van der Waals surface area (Å²) in [5.41, 5.74) is 5.37. The maximum atomic E-state index is 13.2. The minimum atomic E-state index is -0.485. The van der Waals surface area contributed by atoms with Crippen molar-refractivity contribution in [2.45, 2.75) is 25.4 Å². The van der Waals surface area contributed by atoms with Crippen LogP contribution >= 0.6 is 0 Å². The number of halogens is 1. The Labute approximate surface area is 93.2 Å². The Hall–Kier alpha value is -1.43. The first-order valence-electron chi connectivity index (χ1n) is 5.39. The lowest BCUT2D eigenvalue weighted by atomic mass is 10.2. The predicted octanol–water partition coefficient (Wildman–Crippen LogP) is 1.18. The molecule has 1 aromatic rings. The second kappa shape index (κ2) is 5.07. The molecule has 16 heavy (non-hydrogen) atoms. The smallest absolute Gasteiger partial charge is 0.222 e. The predicted molar refractivity (Wildman–Crippen MR) is 58.5 cm³/mol. The highest BCUT2D eigenvalue weighted by atomic mass is 19.1. The summed E-state index contributed by atoms with van der Waals surface area (Å²) in [6.45, 7) is 1.46. The number of ether oxygens (including phenoxy) is 1. The van der Waals surface area contributed by atoms with Gasteiger partial charge in [-0.15, -0.1) is 0 Å². The number of nitrogens with two attached hydrogens (primary N) is 1. The van der Waals surface area contributed by atoms with E-state index in [9.17, 15) is 4.39 Å². The van der Waals surface area contributed by atoms with Crippen molar-refractivity contribution in [3.8, 4) is 0 Å². The second-order valence-electron chi connectivity index (χ2n) is 3.78. The minimum Gasteiger partial charge on any atom is -0.378 e. The van der Waals surface area contributed by atoms with Gasteiger partial charge < -0.3 is 15.8 Å². The molecule has 1 fully saturated rings. The Morgan fingerprint density at radius 1 is 1.62 bits per heavy atom. The van der Waals surface area contributed by atoms with Gasteiger partial charge in [0.25, 0.3) is 0 Å². The van der Waals surface area contributed by atoms with E-state index in [4.69, 9.17) is 10.5 Å². The molecule has 0 amide bonds. The third kappa shape index (κ3) is 2.79. The number of rotatable bonds is 4. The van der Waals surface area contributed by atoms with E-state index in [1.165, 1.54) is 0 Å². The van der Waals surface area contributed by atoms with Crippen molar-refractivity contribution in [1.82, 2.24) is 9.97 Å². The molecule has 0 aliphatic carbocycles. The summed E-state index contributed by atoms with van der Waals surface area (Å²) >= 11 is 0. The molecule has 5 nitrogen and oxygen atoms in total. The van der Waals surface area contributed by atoms with Crippen LogP contribution in [-0.4, -0.2) is 29.2 Å². The second-order valence-corrected chi connectivity index (χ2v) is 3.78. The van der Waals surface area contributed by atoms with Crippen LogP contribution in [0.3, 0.4) is 0 Å². The summed E-state index contributed by atoms with van der Waals surface area (Å²) in [7, 11) is 0. The molecular weight excluding hydrogens is 211 g/mol. The van der Waals surface area contributed by atoms with E-state index in [0.29, 0.717) is 6.54 Å². The zero-order valence-corrected chi connectivity index (χ0v) is 8.95. The third-order valence-electron chi connectivity index (χ3n) is 2.55. The van der Waals surface area contributed by atoms with E-state index in [2.05, 4.69) is 15.3 Å². The van der Waals surface area contributed by atoms with Gasteiger partial charge in [-0.3, -0.25) is 0 Å². The number of nitrogen functional groups attached to an aromatic ring is 1. The fourth-order valence-corrected chi connectivity index (χ4v) is 1.73. The van der Waals surface area contributed by atoms with Gasteiger partial charge in [0.05, 0.1) is 12.3 Å². The average molecular weight is 226 g/mol. The van der Waals surface area contributed by atoms with Gasteiger partial charge in [0.15, 0.2) is 11.6 Å². The van der Waals surface area contributed by atoms with Gasteiger partial charge >= 0.3 is 0 Å². The lowest BCUT2D eigenvalue weighted by Crippen LogP contribution is -2.14. The van der Waals surface area contributed by atoms with Crippen molar-refractivity contribution < 1.29 is 9.13 Å². The van der Waals surface area contributed by atoms with Gasteiger partial charge in [-0.25, -0.2) is 9.37 Å². The largest absolute Gasteiger partial charge is 0.378 e. The number of nitrogens with one attached hydrogen (secondary N) is 1. The summed E-state index contributed by atoms with van der Waals surface area (Å²) in [6, 6.07) is 0. The molecule has 1 atom stereocenters. The maximum Gasteiger partial charge on any atom is 0.222 e. The van der Waals surface area contributed by atoms with Crippen LogP contribution in [0.4, 0.5) is 16.2 Å². The molecule has 6 heteroatoms. The summed E-state index contributed by atoms with van der Waals surface area (Å²) < 4.78 is 18.6. The van der Waals surface area contributed by atoms with Crippen LogP contribution in [0, 0.1) is 5.82 Å². The van der Waals surface area contributed by atoms with E-state index in [1.807, 2.05) is 0 Å². The molecule has 1 aliphatic heterocycles. The van der Waals surface area contributed by atoms with Crippen molar-refractivity contribution >= 4 is 11.8 Å². The van der Waals surface area contributed by atoms with Crippen molar-refractivity contribution in [1.29, 1.82) is 0 Å². The zero-order valence-electron chi connectivity index (χ0n) is 8.95. The number of nitrogens with zero attached hydrogens (tertiary/aromatic N) is 2. The van der Waals surface area contributed by atoms with Crippen LogP contribution < -0.4 is 11.1 Å². The number of aromatic nitrogens is 2. The topological polar surface area (TPSA) is 73.1 Å². The fourth-order valence-electron chi connectivity index (χ4n) is 1.73. The Morgan fingerprint density at radius 2 is 2.50 bits per heavy atom. The third-order valence-corrected chi connectivity index (χ3v) is 2.55. The van der Waals surface area contributed by atoms with Crippen LogP contribution in [0.5, 0.6) is 0 Å². The Bertz CT molecular complexity index is 355. The molecule has 3 N–H and O–H groups in total. The van der Waals surface area contributed by atoms with E-state index in [1.54, 1.807) is 0 Å². The van der Waals surface area contributed by atoms with E-state index in [0.717, 1.165) is 32.1 Å². The zero-order chi connectivity index (χ0) is 11.4. The first-order chi connectivity index (χ1) is 7.75. The molecule has 0 bridgehead atoms. The first kappa shape index (κ1) is 11.1. The lowest BCUT2D eigenvalue weighted by molar-refractivity contribution is 0.107. The molecule has 2 heterocycles. The standard InChI is InChI=1S/C10H15FN4O/c11-8-6-14-10(12)15-9(8)13-4-3-7-2-1-5-16-7/h6-7H,1-5H2,(H3,12,13,14,15). The van der Waals surface area contributed by atoms with Crippen LogP contribution in [0.15, 0.2) is 6.20 Å². The van der Waals surface area contributed by atoms with E-state index in [-0.39, 0.29) is 17.9 Å². The number of anilines is 2. The van der Waals surface area contributed by atoms with Gasteiger partial charge in [0, 0.05) is 13.2 Å². The van der Waals surface area contributed by atoms with Gasteiger partial charge in [-0.2, -0.15) is 4.98 Å². The molecule has 0 spiro atoms. The van der Waals surface area contributed by atoms with Crippen molar-refractivity contribution in [2.24, 2.45) is 0 Å². The molecule has 0 radical (unpaired) electrons. The lowest BCUT2D eigenvalue weighted by Gasteiger charge is -2.10. The molecule has 1 saturated heterocycles. The Kier molecular flexibility index (Phi) is 3.51. The van der Waals surface area contributed by atoms with Crippen molar-refractivity contribution in [2.75, 3.05) is 24.2 Å². The Balaban J connectivity index is 1.82. The summed E-state index contributed by atoms with van der Waals surface area (Å²) in [5, 5.41) is 2.89. The SMILES string of the molecule is Nc1ncc(F)c(NCCC2CCCO2)n1. The molecule has 1 unspecified atom stereocenters. The highest BCUT2D eigenvalue weighted by molar-refractivity contribution is 5.38. The number of hydrogen-bond acceptors (Lipinski definition) is 5. The fraction of sp³-hybridized carbons (Fsp3) is 0.600. The highest BCUT2D eigenvalue weighted by Gasteiger charge is 2.15. The van der Waals surface area contributed by atoms with E-state index >= 15 is 0 Å². The summed E-state index contributed by atoms with van der Waals surface area (Å²) in [5.74, 6) is -0.256. The molecule has 88 valence electrons. The van der Waals surface area contributed by atoms with Crippen LogP contribution in [-0.2, 0) is 4.74 Å². The van der Waals surface area contributed by atoms with Crippen molar-refractivity contribution in [3.63, 3.8) is 0 Å². The minimum absolute atomic E-state index is 0.0704. The summed E-state index contributed by atoms with van der Waals surface area (Å²) in [6.07, 6.45) is 4.39. The van der Waals surface area contributed by atoms with Crippen LogP contribution in [0.25, 0.3) is 0 Å². The molecule has 0 aromatic carbocycles. The van der Waals surface area contributed by atoms with E-state index < -0.39 is 5.82 Å². The van der Waals surface area contributed by atoms with Gasteiger partial charge in [-0.05, 0) is 19.3 Å². The molecule has 0 saturated carbocycles. The van der Waals surface area contributed by atoms with Gasteiger partial charge in [0.1, 0.15) is 0 Å².